The maximum Gasteiger partial charge on any atom is 0.141 e. The number of halogens is 3. The van der Waals surface area contributed by atoms with Gasteiger partial charge in [0.2, 0.25) is 0 Å². The molecule has 0 bridgehead atoms. The molecule has 1 aromatic carbocycles. The minimum atomic E-state index is -0.227. The van der Waals surface area contributed by atoms with Gasteiger partial charge in [0.05, 0.1) is 4.47 Å². The third-order valence-corrected chi connectivity index (χ3v) is 2.89. The van der Waals surface area contributed by atoms with Gasteiger partial charge in [0.25, 0.3) is 0 Å². The molecule has 1 nitrogen and oxygen atoms in total. The molecule has 1 aromatic rings. The fourth-order valence-electron chi connectivity index (χ4n) is 0.943. The standard InChI is InChI=1S/C8H8Br2FN/c9-6-1-2-7(10)8(11)5(6)3-4-12/h1-2H,3-4,12H2. The molecule has 12 heavy (non-hydrogen) atoms. The van der Waals surface area contributed by atoms with Crippen molar-refractivity contribution in [2.75, 3.05) is 6.54 Å². The lowest BCUT2D eigenvalue weighted by Crippen LogP contribution is -2.05. The van der Waals surface area contributed by atoms with Gasteiger partial charge >= 0.3 is 0 Å². The Morgan fingerprint density at radius 1 is 1.25 bits per heavy atom. The monoisotopic (exact) mass is 295 g/mol. The Morgan fingerprint density at radius 2 is 1.83 bits per heavy atom. The van der Waals surface area contributed by atoms with Gasteiger partial charge in [-0.1, -0.05) is 15.9 Å². The van der Waals surface area contributed by atoms with Crippen molar-refractivity contribution in [3.63, 3.8) is 0 Å². The Kier molecular flexibility index (Phi) is 3.68. The molecule has 0 radical (unpaired) electrons. The average molecular weight is 297 g/mol. The van der Waals surface area contributed by atoms with Gasteiger partial charge in [0, 0.05) is 10.0 Å². The average Bonchev–Trinajstić information content (AvgIpc) is 2.06. The van der Waals surface area contributed by atoms with Crippen LogP contribution in [0.2, 0.25) is 0 Å². The van der Waals surface area contributed by atoms with Gasteiger partial charge in [-0.15, -0.1) is 0 Å². The van der Waals surface area contributed by atoms with Crippen molar-refractivity contribution in [1.29, 1.82) is 0 Å². The van der Waals surface area contributed by atoms with E-state index in [2.05, 4.69) is 31.9 Å². The van der Waals surface area contributed by atoms with Gasteiger partial charge < -0.3 is 5.73 Å². The molecule has 0 spiro atoms. The maximum absolute atomic E-state index is 13.3. The molecule has 0 aliphatic carbocycles. The van der Waals surface area contributed by atoms with E-state index in [1.807, 2.05) is 0 Å². The Hall–Kier alpha value is 0.0700. The first kappa shape index (κ1) is 10.2. The van der Waals surface area contributed by atoms with E-state index in [-0.39, 0.29) is 5.82 Å². The molecule has 0 heterocycles. The summed E-state index contributed by atoms with van der Waals surface area (Å²) in [5.41, 5.74) is 5.98. The first-order valence-electron chi connectivity index (χ1n) is 3.49. The third-order valence-electron chi connectivity index (χ3n) is 1.53. The Morgan fingerprint density at radius 3 is 2.42 bits per heavy atom. The largest absolute Gasteiger partial charge is 0.330 e. The predicted molar refractivity (Wildman–Crippen MR) is 54.6 cm³/mol. The van der Waals surface area contributed by atoms with Crippen LogP contribution in [0.5, 0.6) is 0 Å². The van der Waals surface area contributed by atoms with E-state index in [1.54, 1.807) is 12.1 Å². The Labute approximate surface area is 87.4 Å². The molecule has 0 saturated carbocycles. The van der Waals surface area contributed by atoms with Crippen LogP contribution in [0.4, 0.5) is 4.39 Å². The molecule has 2 N–H and O–H groups in total. The second-order valence-electron chi connectivity index (χ2n) is 2.36. The normalized spacial score (nSPS) is 10.3. The minimum absolute atomic E-state index is 0.227. The lowest BCUT2D eigenvalue weighted by molar-refractivity contribution is 0.601. The van der Waals surface area contributed by atoms with Crippen molar-refractivity contribution >= 4 is 31.9 Å². The molecule has 66 valence electrons. The number of hydrogen-bond acceptors (Lipinski definition) is 1. The molecule has 0 amide bonds. The minimum Gasteiger partial charge on any atom is -0.330 e. The van der Waals surface area contributed by atoms with E-state index in [0.29, 0.717) is 23.0 Å². The van der Waals surface area contributed by atoms with E-state index >= 15 is 0 Å². The van der Waals surface area contributed by atoms with Crippen LogP contribution < -0.4 is 5.73 Å². The van der Waals surface area contributed by atoms with E-state index in [0.717, 1.165) is 4.47 Å². The van der Waals surface area contributed by atoms with Crippen LogP contribution in [-0.4, -0.2) is 6.54 Å². The highest BCUT2D eigenvalue weighted by Crippen LogP contribution is 2.26. The summed E-state index contributed by atoms with van der Waals surface area (Å²) in [7, 11) is 0. The van der Waals surface area contributed by atoms with Crippen molar-refractivity contribution in [3.05, 3.63) is 32.5 Å². The van der Waals surface area contributed by atoms with Gasteiger partial charge in [0.15, 0.2) is 0 Å². The molecule has 0 aromatic heterocycles. The van der Waals surface area contributed by atoms with E-state index in [9.17, 15) is 4.39 Å². The maximum atomic E-state index is 13.3. The van der Waals surface area contributed by atoms with Crippen LogP contribution in [0.25, 0.3) is 0 Å². The van der Waals surface area contributed by atoms with Crippen LogP contribution in [0.3, 0.4) is 0 Å². The summed E-state index contributed by atoms with van der Waals surface area (Å²) in [5.74, 6) is -0.227. The van der Waals surface area contributed by atoms with Crippen LogP contribution in [0.15, 0.2) is 21.1 Å². The number of hydrogen-bond donors (Lipinski definition) is 1. The highest BCUT2D eigenvalue weighted by Gasteiger charge is 2.08. The highest BCUT2D eigenvalue weighted by molar-refractivity contribution is 9.11. The van der Waals surface area contributed by atoms with Crippen LogP contribution in [-0.2, 0) is 6.42 Å². The van der Waals surface area contributed by atoms with E-state index < -0.39 is 0 Å². The number of nitrogens with two attached hydrogens (primary N) is 1. The zero-order chi connectivity index (χ0) is 9.14. The summed E-state index contributed by atoms with van der Waals surface area (Å²) >= 11 is 6.38. The lowest BCUT2D eigenvalue weighted by atomic mass is 10.1. The Bertz CT molecular complexity index is 289. The lowest BCUT2D eigenvalue weighted by Gasteiger charge is -2.05. The van der Waals surface area contributed by atoms with Crippen LogP contribution in [0, 0.1) is 5.82 Å². The van der Waals surface area contributed by atoms with Gasteiger partial charge in [0.1, 0.15) is 5.82 Å². The molecule has 0 unspecified atom stereocenters. The molecule has 1 rings (SSSR count). The van der Waals surface area contributed by atoms with E-state index in [1.165, 1.54) is 0 Å². The second-order valence-corrected chi connectivity index (χ2v) is 4.07. The SMILES string of the molecule is NCCc1c(Br)ccc(Br)c1F. The number of rotatable bonds is 2. The zero-order valence-electron chi connectivity index (χ0n) is 6.28. The molecular weight excluding hydrogens is 289 g/mol. The highest BCUT2D eigenvalue weighted by atomic mass is 79.9. The summed E-state index contributed by atoms with van der Waals surface area (Å²) < 4.78 is 14.6. The van der Waals surface area contributed by atoms with Crippen LogP contribution >= 0.6 is 31.9 Å². The van der Waals surface area contributed by atoms with Crippen molar-refractivity contribution < 1.29 is 4.39 Å². The first-order chi connectivity index (χ1) is 5.66. The molecular formula is C8H8Br2FN. The first-order valence-corrected chi connectivity index (χ1v) is 5.08. The summed E-state index contributed by atoms with van der Waals surface area (Å²) in [6.45, 7) is 0.450. The third kappa shape index (κ3) is 2.06. The molecule has 0 fully saturated rings. The molecule has 0 atom stereocenters. The van der Waals surface area contributed by atoms with Crippen molar-refractivity contribution in [2.45, 2.75) is 6.42 Å². The topological polar surface area (TPSA) is 26.0 Å². The fraction of sp³-hybridized carbons (Fsp3) is 0.250. The van der Waals surface area contributed by atoms with Crippen molar-refractivity contribution in [2.24, 2.45) is 5.73 Å². The van der Waals surface area contributed by atoms with Gasteiger partial charge in [-0.05, 0) is 41.0 Å². The quantitative estimate of drug-likeness (QED) is 0.835. The second kappa shape index (κ2) is 4.35. The van der Waals surface area contributed by atoms with Crippen molar-refractivity contribution in [1.82, 2.24) is 0 Å². The van der Waals surface area contributed by atoms with Gasteiger partial charge in [-0.3, -0.25) is 0 Å². The Balaban J connectivity index is 3.14. The predicted octanol–water partition coefficient (Wildman–Crippen LogP) is 2.85. The summed E-state index contributed by atoms with van der Waals surface area (Å²) in [5, 5.41) is 0. The van der Waals surface area contributed by atoms with Crippen molar-refractivity contribution in [3.8, 4) is 0 Å². The summed E-state index contributed by atoms with van der Waals surface area (Å²) in [6, 6.07) is 3.47. The van der Waals surface area contributed by atoms with E-state index in [4.69, 9.17) is 5.73 Å². The molecule has 0 aliphatic heterocycles. The molecule has 0 saturated heterocycles. The number of benzene rings is 1. The zero-order valence-corrected chi connectivity index (χ0v) is 9.45. The van der Waals surface area contributed by atoms with Crippen LogP contribution in [0.1, 0.15) is 5.56 Å². The summed E-state index contributed by atoms with van der Waals surface area (Å²) in [4.78, 5) is 0. The fourth-order valence-corrected chi connectivity index (χ4v) is 1.82. The molecule has 4 heteroatoms. The molecule has 0 aliphatic rings. The van der Waals surface area contributed by atoms with Gasteiger partial charge in [-0.2, -0.15) is 0 Å². The summed E-state index contributed by atoms with van der Waals surface area (Å²) in [6.07, 6.45) is 0.547. The smallest absolute Gasteiger partial charge is 0.141 e. The van der Waals surface area contributed by atoms with Gasteiger partial charge in [-0.25, -0.2) is 4.39 Å².